The minimum Gasteiger partial charge on any atom is -0.441 e. The molecule has 4 aromatic heterocycles. The largest absolute Gasteiger partial charge is 0.441 e. The van der Waals surface area contributed by atoms with Crippen molar-refractivity contribution in [1.82, 2.24) is 19.4 Å². The van der Waals surface area contributed by atoms with Crippen molar-refractivity contribution in [1.29, 1.82) is 0 Å². The Morgan fingerprint density at radius 1 is 1.07 bits per heavy atom. The molecule has 1 aliphatic rings. The Kier molecular flexibility index (Phi) is 3.77. The average Bonchev–Trinajstić information content (AvgIpc) is 3.42. The zero-order chi connectivity index (χ0) is 18.3. The Hall–Kier alpha value is -3.02. The Bertz CT molecular complexity index is 1090. The predicted octanol–water partition coefficient (Wildman–Crippen LogP) is 4.88. The second-order valence-electron chi connectivity index (χ2n) is 7.16. The van der Waals surface area contributed by atoms with Crippen LogP contribution < -0.4 is 0 Å². The van der Waals surface area contributed by atoms with Crippen LogP contribution in [0.5, 0.6) is 0 Å². The highest BCUT2D eigenvalue weighted by atomic mass is 19.1. The van der Waals surface area contributed by atoms with Crippen LogP contribution in [0.4, 0.5) is 4.39 Å². The lowest BCUT2D eigenvalue weighted by Gasteiger charge is -2.15. The van der Waals surface area contributed by atoms with E-state index < -0.39 is 5.67 Å². The first kappa shape index (κ1) is 16.2. The molecule has 0 aromatic carbocycles. The maximum atomic E-state index is 14.8. The summed E-state index contributed by atoms with van der Waals surface area (Å²) in [6.45, 7) is 0. The Morgan fingerprint density at radius 2 is 1.96 bits per heavy atom. The highest BCUT2D eigenvalue weighted by molar-refractivity contribution is 5.79. The van der Waals surface area contributed by atoms with Crippen LogP contribution >= 0.6 is 0 Å². The van der Waals surface area contributed by atoms with Crippen molar-refractivity contribution in [3.8, 4) is 22.6 Å². The number of hydrogen-bond donors (Lipinski definition) is 0. The summed E-state index contributed by atoms with van der Waals surface area (Å²) in [5, 5.41) is 0. The van der Waals surface area contributed by atoms with E-state index in [4.69, 9.17) is 4.42 Å². The fourth-order valence-electron chi connectivity index (χ4n) is 3.86. The molecule has 5 nitrogen and oxygen atoms in total. The molecule has 4 heterocycles. The molecule has 4 aromatic rings. The first-order chi connectivity index (χ1) is 13.2. The Balaban J connectivity index is 1.51. The smallest absolute Gasteiger partial charge is 0.198 e. The van der Waals surface area contributed by atoms with Gasteiger partial charge in [-0.15, -0.1) is 0 Å². The molecule has 1 saturated carbocycles. The van der Waals surface area contributed by atoms with Gasteiger partial charge in [-0.2, -0.15) is 0 Å². The van der Waals surface area contributed by atoms with Gasteiger partial charge in [-0.05, 0) is 37.1 Å². The fourth-order valence-corrected chi connectivity index (χ4v) is 3.86. The fraction of sp³-hybridized carbons (Fsp3) is 0.286. The molecule has 0 unspecified atom stereocenters. The number of aromatic nitrogens is 4. The summed E-state index contributed by atoms with van der Waals surface area (Å²) in [6.07, 6.45) is 12.3. The zero-order valence-corrected chi connectivity index (χ0v) is 14.8. The number of nitrogens with zero attached hydrogens (tertiary/aromatic N) is 4. The van der Waals surface area contributed by atoms with Gasteiger partial charge in [0.05, 0.1) is 18.3 Å². The highest BCUT2D eigenvalue weighted by Gasteiger charge is 2.35. The van der Waals surface area contributed by atoms with E-state index in [2.05, 4.69) is 15.0 Å². The second kappa shape index (κ2) is 6.30. The predicted molar refractivity (Wildman–Crippen MR) is 99.9 cm³/mol. The van der Waals surface area contributed by atoms with Crippen molar-refractivity contribution < 1.29 is 8.81 Å². The number of pyridine rings is 2. The lowest BCUT2D eigenvalue weighted by atomic mass is 10.0. The molecule has 5 rings (SSSR count). The standard InChI is InChI=1S/C21H19FN4O/c22-21(6-1-2-7-21)13-19-25-14-17(27-19)16-4-3-8-24-20(16)15-5-10-26-11-9-23-18(26)12-15/h3-5,8-12,14H,1-2,6-7,13H2. The minimum absolute atomic E-state index is 0.239. The highest BCUT2D eigenvalue weighted by Crippen LogP contribution is 2.37. The van der Waals surface area contributed by atoms with Gasteiger partial charge in [0.2, 0.25) is 0 Å². The van der Waals surface area contributed by atoms with E-state index in [0.29, 0.717) is 24.5 Å². The molecular formula is C21H19FN4O. The van der Waals surface area contributed by atoms with Gasteiger partial charge in [0.25, 0.3) is 0 Å². The summed E-state index contributed by atoms with van der Waals surface area (Å²) in [7, 11) is 0. The summed E-state index contributed by atoms with van der Waals surface area (Å²) in [6, 6.07) is 7.79. The first-order valence-electron chi connectivity index (χ1n) is 9.22. The monoisotopic (exact) mass is 362 g/mol. The topological polar surface area (TPSA) is 56.2 Å². The van der Waals surface area contributed by atoms with E-state index in [0.717, 1.165) is 35.3 Å². The van der Waals surface area contributed by atoms with Crippen LogP contribution in [-0.2, 0) is 6.42 Å². The van der Waals surface area contributed by atoms with Gasteiger partial charge in [0, 0.05) is 35.9 Å². The van der Waals surface area contributed by atoms with Crippen LogP contribution in [0.3, 0.4) is 0 Å². The molecule has 0 saturated heterocycles. The van der Waals surface area contributed by atoms with Gasteiger partial charge in [-0.3, -0.25) is 4.98 Å². The lowest BCUT2D eigenvalue weighted by Crippen LogP contribution is -2.21. The molecule has 0 atom stereocenters. The van der Waals surface area contributed by atoms with Crippen molar-refractivity contribution >= 4 is 5.65 Å². The van der Waals surface area contributed by atoms with E-state index in [1.165, 1.54) is 0 Å². The minimum atomic E-state index is -1.17. The van der Waals surface area contributed by atoms with Crippen molar-refractivity contribution in [3.63, 3.8) is 0 Å². The Labute approximate surface area is 155 Å². The van der Waals surface area contributed by atoms with Gasteiger partial charge in [0.15, 0.2) is 11.7 Å². The molecule has 27 heavy (non-hydrogen) atoms. The molecule has 0 amide bonds. The third-order valence-electron chi connectivity index (χ3n) is 5.27. The quantitative estimate of drug-likeness (QED) is 0.519. The summed E-state index contributed by atoms with van der Waals surface area (Å²) >= 11 is 0. The van der Waals surface area contributed by atoms with Gasteiger partial charge in [0.1, 0.15) is 11.3 Å². The summed E-state index contributed by atoms with van der Waals surface area (Å²) in [4.78, 5) is 13.2. The van der Waals surface area contributed by atoms with Crippen molar-refractivity contribution in [2.45, 2.75) is 37.8 Å². The van der Waals surface area contributed by atoms with Gasteiger partial charge in [-0.1, -0.05) is 12.8 Å². The number of oxazole rings is 1. The summed E-state index contributed by atoms with van der Waals surface area (Å²) in [5.41, 5.74) is 2.25. The molecule has 1 fully saturated rings. The molecule has 6 heteroatoms. The molecule has 136 valence electrons. The maximum absolute atomic E-state index is 14.8. The van der Waals surface area contributed by atoms with Crippen LogP contribution in [0, 0.1) is 0 Å². The molecule has 0 N–H and O–H groups in total. The van der Waals surface area contributed by atoms with Gasteiger partial charge < -0.3 is 8.82 Å². The van der Waals surface area contributed by atoms with E-state index in [1.807, 2.05) is 41.1 Å². The normalized spacial score (nSPS) is 16.2. The van der Waals surface area contributed by atoms with Crippen molar-refractivity contribution in [2.24, 2.45) is 0 Å². The number of fused-ring (bicyclic) bond motifs is 1. The number of hydrogen-bond acceptors (Lipinski definition) is 4. The number of halogens is 1. The molecule has 0 aliphatic heterocycles. The zero-order valence-electron chi connectivity index (χ0n) is 14.8. The summed E-state index contributed by atoms with van der Waals surface area (Å²) in [5.74, 6) is 1.06. The van der Waals surface area contributed by atoms with E-state index in [9.17, 15) is 4.39 Å². The number of imidazole rings is 1. The molecule has 0 radical (unpaired) electrons. The number of alkyl halides is 1. The molecule has 1 aliphatic carbocycles. The van der Waals surface area contributed by atoms with E-state index >= 15 is 0 Å². The van der Waals surface area contributed by atoms with Crippen molar-refractivity contribution in [3.05, 3.63) is 61.1 Å². The SMILES string of the molecule is FC1(Cc2ncc(-c3cccnc3-c3ccn4ccnc4c3)o2)CCCC1. The van der Waals surface area contributed by atoms with Gasteiger partial charge >= 0.3 is 0 Å². The van der Waals surface area contributed by atoms with E-state index in [1.54, 1.807) is 18.6 Å². The van der Waals surface area contributed by atoms with Crippen molar-refractivity contribution in [2.75, 3.05) is 0 Å². The maximum Gasteiger partial charge on any atom is 0.198 e. The molecule has 0 spiro atoms. The molecular weight excluding hydrogens is 343 g/mol. The van der Waals surface area contributed by atoms with Crippen LogP contribution in [0.1, 0.15) is 31.6 Å². The van der Waals surface area contributed by atoms with Gasteiger partial charge in [-0.25, -0.2) is 14.4 Å². The van der Waals surface area contributed by atoms with E-state index in [-0.39, 0.29) is 6.42 Å². The second-order valence-corrected chi connectivity index (χ2v) is 7.16. The number of rotatable bonds is 4. The third kappa shape index (κ3) is 3.01. The van der Waals surface area contributed by atoms with Crippen LogP contribution in [0.2, 0.25) is 0 Å². The van der Waals surface area contributed by atoms with Crippen LogP contribution in [0.25, 0.3) is 28.2 Å². The molecule has 0 bridgehead atoms. The average molecular weight is 362 g/mol. The first-order valence-corrected chi connectivity index (χ1v) is 9.22. The van der Waals surface area contributed by atoms with Crippen LogP contribution in [0.15, 0.2) is 59.7 Å². The summed E-state index contributed by atoms with van der Waals surface area (Å²) < 4.78 is 22.6. The lowest BCUT2D eigenvalue weighted by molar-refractivity contribution is 0.161. The third-order valence-corrected chi connectivity index (χ3v) is 5.27. The Morgan fingerprint density at radius 3 is 2.85 bits per heavy atom. The van der Waals surface area contributed by atoms with Crippen LogP contribution in [-0.4, -0.2) is 25.0 Å².